The van der Waals surface area contributed by atoms with Crippen molar-refractivity contribution in [3.05, 3.63) is 82.7 Å². The monoisotopic (exact) mass is 436 g/mol. The molecule has 0 atom stereocenters. The van der Waals surface area contributed by atoms with Gasteiger partial charge in [-0.2, -0.15) is 0 Å². The van der Waals surface area contributed by atoms with Gasteiger partial charge in [-0.05, 0) is 29.8 Å². The van der Waals surface area contributed by atoms with Gasteiger partial charge >= 0.3 is 0 Å². The summed E-state index contributed by atoms with van der Waals surface area (Å²) in [7, 11) is 1.95. The van der Waals surface area contributed by atoms with Gasteiger partial charge in [0.05, 0.1) is 38.5 Å². The lowest BCUT2D eigenvalue weighted by atomic mass is 10.1. The van der Waals surface area contributed by atoms with Crippen LogP contribution in [0, 0.1) is 5.82 Å². The number of nitrogens with zero attached hydrogens (tertiary/aromatic N) is 3. The van der Waals surface area contributed by atoms with Gasteiger partial charge in [-0.1, -0.05) is 59.6 Å². The van der Waals surface area contributed by atoms with Crippen molar-refractivity contribution in [3.63, 3.8) is 0 Å². The number of halogens is 3. The van der Waals surface area contributed by atoms with E-state index in [1.165, 1.54) is 6.07 Å². The van der Waals surface area contributed by atoms with Gasteiger partial charge in [0.2, 0.25) is 0 Å². The fraction of sp³-hybridized carbons (Fsp3) is 0.0435. The quantitative estimate of drug-likeness (QED) is 0.340. The van der Waals surface area contributed by atoms with E-state index in [0.29, 0.717) is 15.9 Å². The average Bonchev–Trinajstić information content (AvgIpc) is 3.34. The topological polar surface area (TPSA) is 46.5 Å². The summed E-state index contributed by atoms with van der Waals surface area (Å²) < 4.78 is 16.2. The molecule has 0 bridgehead atoms. The number of para-hydroxylation sites is 1. The first-order chi connectivity index (χ1) is 14.5. The predicted octanol–water partition coefficient (Wildman–Crippen LogP) is 6.74. The van der Waals surface area contributed by atoms with Crippen molar-refractivity contribution >= 4 is 34.2 Å². The summed E-state index contributed by atoms with van der Waals surface area (Å²) in [5.74, 6) is 0.800. The van der Waals surface area contributed by atoms with E-state index in [1.807, 2.05) is 54.1 Å². The molecule has 0 unspecified atom stereocenters. The van der Waals surface area contributed by atoms with E-state index in [2.05, 4.69) is 9.97 Å². The summed E-state index contributed by atoms with van der Waals surface area (Å²) in [6.45, 7) is 0. The zero-order chi connectivity index (χ0) is 20.8. The molecule has 0 saturated carbocycles. The van der Waals surface area contributed by atoms with Gasteiger partial charge in [0.15, 0.2) is 0 Å². The molecule has 30 heavy (non-hydrogen) atoms. The lowest BCUT2D eigenvalue weighted by Gasteiger charge is -2.05. The summed E-state index contributed by atoms with van der Waals surface area (Å²) in [6.07, 6.45) is 1.67. The van der Waals surface area contributed by atoms with Crippen LogP contribution in [0.3, 0.4) is 0 Å². The maximum Gasteiger partial charge on any atom is 0.142 e. The largest absolute Gasteiger partial charge is 0.338 e. The van der Waals surface area contributed by atoms with Gasteiger partial charge in [0, 0.05) is 12.6 Å². The number of hydrogen-bond donors (Lipinski definition) is 1. The number of nitrogens with one attached hydrogen (secondary N) is 1. The Morgan fingerprint density at radius 1 is 0.900 bits per heavy atom. The van der Waals surface area contributed by atoms with E-state index in [1.54, 1.807) is 18.3 Å². The lowest BCUT2D eigenvalue weighted by molar-refractivity contribution is 0.630. The Bertz CT molecular complexity index is 1370. The number of fused-ring (bicyclic) bond motifs is 1. The number of aromatic amines is 1. The van der Waals surface area contributed by atoms with Crippen LogP contribution in [0.5, 0.6) is 0 Å². The molecule has 0 aliphatic heterocycles. The van der Waals surface area contributed by atoms with E-state index >= 15 is 0 Å². The van der Waals surface area contributed by atoms with Gasteiger partial charge in [-0.3, -0.25) is 0 Å². The number of H-pyrrole nitrogens is 1. The molecule has 0 saturated heterocycles. The van der Waals surface area contributed by atoms with Crippen LogP contribution in [0.1, 0.15) is 0 Å². The molecular formula is C23H15Cl2FN4. The minimum absolute atomic E-state index is 0.263. The Morgan fingerprint density at radius 2 is 1.60 bits per heavy atom. The van der Waals surface area contributed by atoms with Crippen molar-refractivity contribution in [2.45, 2.75) is 0 Å². The number of benzene rings is 3. The highest BCUT2D eigenvalue weighted by Gasteiger charge is 2.15. The molecular weight excluding hydrogens is 422 g/mol. The van der Waals surface area contributed by atoms with Crippen LogP contribution in [-0.4, -0.2) is 19.5 Å². The second-order valence-corrected chi connectivity index (χ2v) is 7.74. The van der Waals surface area contributed by atoms with Gasteiger partial charge in [-0.25, -0.2) is 14.4 Å². The van der Waals surface area contributed by atoms with Gasteiger partial charge in [0.1, 0.15) is 17.5 Å². The molecule has 2 heterocycles. The Kier molecular flexibility index (Phi) is 4.57. The molecule has 5 aromatic rings. The number of aryl methyl sites for hydroxylation is 1. The maximum atomic E-state index is 14.2. The van der Waals surface area contributed by atoms with Crippen molar-refractivity contribution in [1.29, 1.82) is 0 Å². The Balaban J connectivity index is 1.50. The zero-order valence-corrected chi connectivity index (χ0v) is 17.3. The number of aromatic nitrogens is 4. The summed E-state index contributed by atoms with van der Waals surface area (Å²) in [5, 5.41) is 0.980. The fourth-order valence-corrected chi connectivity index (χ4v) is 4.15. The molecule has 5 rings (SSSR count). The van der Waals surface area contributed by atoms with Crippen LogP contribution < -0.4 is 0 Å². The van der Waals surface area contributed by atoms with Crippen LogP contribution in [0.15, 0.2) is 66.9 Å². The summed E-state index contributed by atoms with van der Waals surface area (Å²) >= 11 is 12.5. The third-order valence-corrected chi connectivity index (χ3v) is 5.69. The van der Waals surface area contributed by atoms with E-state index in [-0.39, 0.29) is 5.56 Å². The Morgan fingerprint density at radius 3 is 2.33 bits per heavy atom. The van der Waals surface area contributed by atoms with E-state index in [9.17, 15) is 4.39 Å². The minimum atomic E-state index is -0.417. The van der Waals surface area contributed by atoms with Crippen molar-refractivity contribution in [2.24, 2.45) is 7.05 Å². The predicted molar refractivity (Wildman–Crippen MR) is 119 cm³/mol. The molecule has 0 radical (unpaired) electrons. The van der Waals surface area contributed by atoms with Gasteiger partial charge in [0.25, 0.3) is 0 Å². The van der Waals surface area contributed by atoms with Crippen molar-refractivity contribution in [3.8, 4) is 34.0 Å². The second-order valence-electron chi connectivity index (χ2n) is 6.92. The van der Waals surface area contributed by atoms with Gasteiger partial charge < -0.3 is 9.55 Å². The maximum absolute atomic E-state index is 14.2. The molecule has 2 aromatic heterocycles. The summed E-state index contributed by atoms with van der Waals surface area (Å²) in [6, 6.07) is 18.2. The van der Waals surface area contributed by atoms with E-state index < -0.39 is 5.82 Å². The van der Waals surface area contributed by atoms with E-state index in [4.69, 9.17) is 28.2 Å². The highest BCUT2D eigenvalue weighted by atomic mass is 35.5. The summed E-state index contributed by atoms with van der Waals surface area (Å²) in [5.41, 5.74) is 4.66. The van der Waals surface area contributed by atoms with Crippen LogP contribution in [-0.2, 0) is 7.05 Å². The number of hydrogen-bond acceptors (Lipinski definition) is 2. The second kappa shape index (κ2) is 7.27. The highest BCUT2D eigenvalue weighted by molar-refractivity contribution is 6.35. The van der Waals surface area contributed by atoms with Crippen molar-refractivity contribution in [2.75, 3.05) is 0 Å². The first kappa shape index (κ1) is 18.9. The smallest absolute Gasteiger partial charge is 0.142 e. The first-order valence-electron chi connectivity index (χ1n) is 9.24. The van der Waals surface area contributed by atoms with Crippen molar-refractivity contribution < 1.29 is 4.39 Å². The fourth-order valence-electron chi connectivity index (χ4n) is 3.60. The highest BCUT2D eigenvalue weighted by Crippen LogP contribution is 2.32. The van der Waals surface area contributed by atoms with Gasteiger partial charge in [-0.15, -0.1) is 0 Å². The molecule has 0 spiro atoms. The third kappa shape index (κ3) is 3.07. The molecule has 148 valence electrons. The van der Waals surface area contributed by atoms with Crippen molar-refractivity contribution in [1.82, 2.24) is 19.5 Å². The average molecular weight is 437 g/mol. The van der Waals surface area contributed by atoms with Crippen LogP contribution >= 0.6 is 23.2 Å². The lowest BCUT2D eigenvalue weighted by Crippen LogP contribution is -1.93. The molecule has 1 N–H and O–H groups in total. The molecule has 3 aromatic carbocycles. The first-order valence-corrected chi connectivity index (χ1v) is 9.99. The molecule has 0 aliphatic carbocycles. The van der Waals surface area contributed by atoms with E-state index in [0.717, 1.165) is 33.7 Å². The molecule has 0 aliphatic rings. The van der Waals surface area contributed by atoms with Crippen LogP contribution in [0.2, 0.25) is 10.0 Å². The van der Waals surface area contributed by atoms with Crippen LogP contribution in [0.25, 0.3) is 45.1 Å². The zero-order valence-electron chi connectivity index (χ0n) is 15.8. The molecule has 4 nitrogen and oxygen atoms in total. The molecule has 0 amide bonds. The Labute approximate surface area is 181 Å². The van der Waals surface area contributed by atoms with Crippen LogP contribution in [0.4, 0.5) is 4.39 Å². The Hall–Kier alpha value is -3.15. The number of rotatable bonds is 3. The SMILES string of the molecule is Cn1c(-c2ccc(-c3cnc(-c4c(F)cccc4Cl)[nH]3)cc2)nc2cccc(Cl)c21. The molecule has 7 heteroatoms. The minimum Gasteiger partial charge on any atom is -0.338 e. The third-order valence-electron chi connectivity index (χ3n) is 5.07. The summed E-state index contributed by atoms with van der Waals surface area (Å²) in [4.78, 5) is 12.2. The standard InChI is InChI=1S/C23H15Cl2FN4/c1-30-21-16(25)5-3-7-18(21)29-23(30)14-10-8-13(9-11-14)19-12-27-22(28-19)20-15(24)4-2-6-17(20)26/h2-12H,1H3,(H,27,28). The number of imidazole rings is 2. The molecule has 0 fully saturated rings. The normalized spacial score (nSPS) is 11.3.